The number of benzene rings is 1. The number of fused-ring (bicyclic) bond motifs is 3. The molecule has 0 aliphatic heterocycles. The molecular formula is C25H24N4O7. The third kappa shape index (κ3) is 3.02. The zero-order chi connectivity index (χ0) is 26.1. The first-order valence-electron chi connectivity index (χ1n) is 11.3. The molecule has 1 aromatic carbocycles. The molecule has 2 aromatic rings. The monoisotopic (exact) mass is 492 g/mol. The van der Waals surface area contributed by atoms with Crippen LogP contribution in [-0.4, -0.2) is 78.5 Å². The molecule has 1 saturated carbocycles. The molecule has 3 aliphatic carbocycles. The minimum absolute atomic E-state index is 0.00874. The molecule has 186 valence electrons. The van der Waals surface area contributed by atoms with E-state index in [1.165, 1.54) is 29.6 Å². The fourth-order valence-electron chi connectivity index (χ4n) is 5.92. The number of ketones is 2. The molecule has 1 heterocycles. The summed E-state index contributed by atoms with van der Waals surface area (Å²) in [5, 5.41) is 44.3. The summed E-state index contributed by atoms with van der Waals surface area (Å²) in [6.07, 6.45) is 4.73. The van der Waals surface area contributed by atoms with Gasteiger partial charge in [0.2, 0.25) is 5.78 Å². The highest BCUT2D eigenvalue weighted by atomic mass is 16.3. The molecular weight excluding hydrogens is 468 g/mol. The number of likely N-dealkylation sites (N-methyl/N-ethyl adjacent to an activating group) is 1. The Bertz CT molecular complexity index is 1400. The van der Waals surface area contributed by atoms with Gasteiger partial charge in [-0.3, -0.25) is 29.3 Å². The Balaban J connectivity index is 1.75. The SMILES string of the molecule is CN(C)C1C(=O)C(C(N)=O)=C(O)[C@@]2(O)C(=O)C3=C(O)c4c(O)ccc(-c5cnccn5)c4C[C@H]3C[C@H]12. The number of aromatic hydroxyl groups is 1. The molecule has 1 aromatic heterocycles. The molecule has 5 rings (SSSR count). The molecule has 36 heavy (non-hydrogen) atoms. The van der Waals surface area contributed by atoms with Crippen molar-refractivity contribution >= 4 is 23.2 Å². The summed E-state index contributed by atoms with van der Waals surface area (Å²) in [6.45, 7) is 0. The number of hydrogen-bond donors (Lipinski definition) is 5. The fraction of sp³-hybridized carbons (Fsp3) is 0.320. The van der Waals surface area contributed by atoms with E-state index in [1.807, 2.05) is 0 Å². The first kappa shape index (κ1) is 23.6. The van der Waals surface area contributed by atoms with Crippen LogP contribution in [0.1, 0.15) is 17.5 Å². The van der Waals surface area contributed by atoms with Crippen molar-refractivity contribution < 1.29 is 34.8 Å². The number of primary amides is 1. The highest BCUT2D eigenvalue weighted by Crippen LogP contribution is 2.53. The van der Waals surface area contributed by atoms with Gasteiger partial charge in [-0.25, -0.2) is 0 Å². The molecule has 0 bridgehead atoms. The molecule has 11 nitrogen and oxygen atoms in total. The van der Waals surface area contributed by atoms with Crippen molar-refractivity contribution in [2.75, 3.05) is 14.1 Å². The molecule has 3 aliphatic rings. The van der Waals surface area contributed by atoms with Gasteiger partial charge in [0, 0.05) is 29.4 Å². The minimum atomic E-state index is -2.66. The van der Waals surface area contributed by atoms with Gasteiger partial charge in [0.25, 0.3) is 5.91 Å². The van der Waals surface area contributed by atoms with E-state index in [2.05, 4.69) is 9.97 Å². The predicted octanol–water partition coefficient (Wildman–Crippen LogP) is 0.421. The van der Waals surface area contributed by atoms with Gasteiger partial charge in [-0.1, -0.05) is 0 Å². The second-order valence-electron chi connectivity index (χ2n) is 9.54. The average Bonchev–Trinajstić information content (AvgIpc) is 2.81. The third-order valence-corrected chi connectivity index (χ3v) is 7.44. The first-order valence-corrected chi connectivity index (χ1v) is 11.3. The topological polar surface area (TPSA) is 187 Å². The van der Waals surface area contributed by atoms with Crippen LogP contribution >= 0.6 is 0 Å². The standard InChI is InChI=1S/C25H24N4O7/c1-29(2)19-13-8-10-7-12-11(14-9-27-5-6-28-14)3-4-15(30)17(12)20(31)16(10)22(33)25(13,36)23(34)18(21(19)32)24(26)35/h3-6,9-10,13,19,30-31,34,36H,7-8H2,1-2H3,(H2,26,35)/t10-,13+,19?,25-/m0/s1. The number of nitrogens with two attached hydrogens (primary N) is 1. The van der Waals surface area contributed by atoms with Crippen LogP contribution in [0, 0.1) is 11.8 Å². The number of phenols is 1. The van der Waals surface area contributed by atoms with Gasteiger partial charge < -0.3 is 26.2 Å². The summed E-state index contributed by atoms with van der Waals surface area (Å²) in [4.78, 5) is 48.8. The molecule has 0 radical (unpaired) electrons. The van der Waals surface area contributed by atoms with E-state index >= 15 is 0 Å². The molecule has 1 amide bonds. The van der Waals surface area contributed by atoms with Crippen LogP contribution in [0.5, 0.6) is 5.75 Å². The van der Waals surface area contributed by atoms with Gasteiger partial charge in [-0.2, -0.15) is 0 Å². The number of aliphatic hydroxyl groups excluding tert-OH is 2. The number of amides is 1. The van der Waals surface area contributed by atoms with Crippen LogP contribution in [0.4, 0.5) is 0 Å². The zero-order valence-electron chi connectivity index (χ0n) is 19.5. The number of hydrogen-bond acceptors (Lipinski definition) is 10. The van der Waals surface area contributed by atoms with Crippen molar-refractivity contribution in [3.8, 4) is 17.0 Å². The maximum absolute atomic E-state index is 13.8. The number of aliphatic hydroxyl groups is 3. The van der Waals surface area contributed by atoms with E-state index in [-0.39, 0.29) is 29.7 Å². The molecule has 0 saturated heterocycles. The summed E-state index contributed by atoms with van der Waals surface area (Å²) in [5.41, 5.74) is 3.25. The van der Waals surface area contributed by atoms with Crippen LogP contribution in [0.25, 0.3) is 17.0 Å². The van der Waals surface area contributed by atoms with Crippen molar-refractivity contribution in [1.29, 1.82) is 0 Å². The molecule has 1 unspecified atom stereocenters. The summed E-state index contributed by atoms with van der Waals surface area (Å²) in [5.74, 6) is -6.86. The lowest BCUT2D eigenvalue weighted by atomic mass is 9.57. The van der Waals surface area contributed by atoms with Crippen LogP contribution in [-0.2, 0) is 20.8 Å². The Labute approximate surface area is 205 Å². The molecule has 0 spiro atoms. The van der Waals surface area contributed by atoms with Crippen molar-refractivity contribution in [2.24, 2.45) is 17.6 Å². The summed E-state index contributed by atoms with van der Waals surface area (Å²) < 4.78 is 0. The van der Waals surface area contributed by atoms with E-state index in [0.29, 0.717) is 16.8 Å². The van der Waals surface area contributed by atoms with Gasteiger partial charge >= 0.3 is 0 Å². The Hall–Kier alpha value is -4.09. The van der Waals surface area contributed by atoms with Crippen LogP contribution in [0.2, 0.25) is 0 Å². The summed E-state index contributed by atoms with van der Waals surface area (Å²) >= 11 is 0. The van der Waals surface area contributed by atoms with E-state index < -0.39 is 58.0 Å². The molecule has 11 heteroatoms. The van der Waals surface area contributed by atoms with Crippen molar-refractivity contribution in [3.05, 3.63) is 58.8 Å². The van der Waals surface area contributed by atoms with E-state index in [1.54, 1.807) is 20.2 Å². The lowest BCUT2D eigenvalue weighted by Crippen LogP contribution is -2.65. The number of Topliss-reactive ketones (excluding diaryl/α,β-unsaturated/α-hetero) is 2. The van der Waals surface area contributed by atoms with E-state index in [0.717, 1.165) is 0 Å². The molecule has 6 N–H and O–H groups in total. The van der Waals surface area contributed by atoms with Crippen LogP contribution in [0.15, 0.2) is 47.6 Å². The van der Waals surface area contributed by atoms with Crippen LogP contribution in [0.3, 0.4) is 0 Å². The number of aromatic nitrogens is 2. The maximum Gasteiger partial charge on any atom is 0.255 e. The van der Waals surface area contributed by atoms with Gasteiger partial charge in [0.1, 0.15) is 22.8 Å². The summed E-state index contributed by atoms with van der Waals surface area (Å²) in [7, 11) is 3.11. The summed E-state index contributed by atoms with van der Waals surface area (Å²) in [6, 6.07) is 1.86. The Kier molecular flexibility index (Phi) is 5.23. The maximum atomic E-state index is 13.8. The van der Waals surface area contributed by atoms with Gasteiger partial charge in [0.15, 0.2) is 11.4 Å². The third-order valence-electron chi connectivity index (χ3n) is 7.44. The largest absolute Gasteiger partial charge is 0.508 e. The number of carbonyl (C=O) groups is 3. The molecule has 4 atom stereocenters. The Morgan fingerprint density at radius 3 is 2.50 bits per heavy atom. The quantitative estimate of drug-likeness (QED) is 0.376. The number of rotatable bonds is 3. The molecule has 1 fully saturated rings. The van der Waals surface area contributed by atoms with E-state index in [9.17, 15) is 34.8 Å². The number of nitrogens with zero attached hydrogens (tertiary/aromatic N) is 3. The highest BCUT2D eigenvalue weighted by molar-refractivity contribution is 6.24. The van der Waals surface area contributed by atoms with Crippen molar-refractivity contribution in [1.82, 2.24) is 14.9 Å². The van der Waals surface area contributed by atoms with Gasteiger partial charge in [-0.05, 0) is 50.6 Å². The first-order chi connectivity index (χ1) is 17.0. The van der Waals surface area contributed by atoms with Gasteiger partial charge in [-0.15, -0.1) is 0 Å². The Morgan fingerprint density at radius 2 is 1.89 bits per heavy atom. The second-order valence-corrected chi connectivity index (χ2v) is 9.54. The second kappa shape index (κ2) is 7.97. The number of carbonyl (C=O) groups excluding carboxylic acids is 3. The number of phenolic OH excluding ortho intramolecular Hbond substituents is 1. The van der Waals surface area contributed by atoms with Crippen molar-refractivity contribution in [3.63, 3.8) is 0 Å². The lowest BCUT2D eigenvalue weighted by molar-refractivity contribution is -0.153. The highest BCUT2D eigenvalue weighted by Gasteiger charge is 2.64. The Morgan fingerprint density at radius 1 is 1.17 bits per heavy atom. The zero-order valence-corrected chi connectivity index (χ0v) is 19.5. The lowest BCUT2D eigenvalue weighted by Gasteiger charge is -2.50. The fourth-order valence-corrected chi connectivity index (χ4v) is 5.92. The predicted molar refractivity (Wildman–Crippen MR) is 125 cm³/mol. The smallest absolute Gasteiger partial charge is 0.255 e. The average molecular weight is 492 g/mol. The van der Waals surface area contributed by atoms with E-state index in [4.69, 9.17) is 5.73 Å². The van der Waals surface area contributed by atoms with Crippen molar-refractivity contribution in [2.45, 2.75) is 24.5 Å². The van der Waals surface area contributed by atoms with Gasteiger partial charge in [0.05, 0.1) is 23.5 Å². The minimum Gasteiger partial charge on any atom is -0.508 e. The van der Waals surface area contributed by atoms with Crippen LogP contribution < -0.4 is 5.73 Å². The normalized spacial score (nSPS) is 27.6.